The minimum atomic E-state index is 0. The first-order valence-electron chi connectivity index (χ1n) is 12.2. The Bertz CT molecular complexity index is 677. The van der Waals surface area contributed by atoms with E-state index in [-0.39, 0.29) is 100 Å². The molecular weight excluding hydrogens is 453 g/mol. The second-order valence-corrected chi connectivity index (χ2v) is 8.37. The molecule has 34 heavy (non-hydrogen) atoms. The van der Waals surface area contributed by atoms with Gasteiger partial charge in [-0.3, -0.25) is 0 Å². The average Bonchev–Trinajstić information content (AvgIpc) is 3.57. The summed E-state index contributed by atoms with van der Waals surface area (Å²) in [4.78, 5) is 0. The zero-order valence-electron chi connectivity index (χ0n) is 22.9. The van der Waals surface area contributed by atoms with Gasteiger partial charge in [0.25, 0.3) is 0 Å². The van der Waals surface area contributed by atoms with Crippen LogP contribution in [0.25, 0.3) is 0 Å². The fraction of sp³-hybridized carbons (Fsp3) is 0.571. The maximum atomic E-state index is 11.1. The second kappa shape index (κ2) is 27.0. The van der Waals surface area contributed by atoms with Crippen molar-refractivity contribution >= 4 is 0 Å². The van der Waals surface area contributed by atoms with Gasteiger partial charge in [0, 0.05) is 0 Å². The van der Waals surface area contributed by atoms with Crippen molar-refractivity contribution in [3.63, 3.8) is 0 Å². The first-order valence-corrected chi connectivity index (χ1v) is 12.2. The molecule has 174 valence electrons. The predicted molar refractivity (Wildman–Crippen MR) is 127 cm³/mol. The molecule has 1 atom stereocenters. The Morgan fingerprint density at radius 3 is 1.71 bits per heavy atom. The van der Waals surface area contributed by atoms with Gasteiger partial charge < -0.3 is 14.9 Å². The van der Waals surface area contributed by atoms with Crippen LogP contribution in [0, 0.1) is 0 Å². The molecule has 0 bridgehead atoms. The number of aryl methyl sites for hydroxylation is 2. The molecule has 1 saturated heterocycles. The van der Waals surface area contributed by atoms with Gasteiger partial charge in [0.1, 0.15) is 0 Å². The number of para-hydroxylation sites is 1. The molecule has 0 saturated carbocycles. The third-order valence-electron chi connectivity index (χ3n) is 5.26. The van der Waals surface area contributed by atoms with E-state index in [1.807, 2.05) is 24.3 Å². The molecule has 0 N–H and O–H groups in total. The summed E-state index contributed by atoms with van der Waals surface area (Å²) >= 11 is 0. The number of ether oxygens (including phenoxy) is 1. The molecule has 2 aromatic rings. The molecule has 1 aliphatic rings. The first kappa shape index (κ1) is 39.5. The minimum Gasteiger partial charge on any atom is -0.872 e. The van der Waals surface area contributed by atoms with E-state index in [1.54, 1.807) is 24.3 Å². The van der Waals surface area contributed by atoms with E-state index in [0.29, 0.717) is 6.10 Å². The zero-order chi connectivity index (χ0) is 22.7. The number of epoxide rings is 1. The van der Waals surface area contributed by atoms with Crippen LogP contribution < -0.4 is 98.9 Å². The van der Waals surface area contributed by atoms with Gasteiger partial charge in [0.2, 0.25) is 0 Å². The summed E-state index contributed by atoms with van der Waals surface area (Å²) in [6.45, 7) is 7.42. The van der Waals surface area contributed by atoms with Crippen LogP contribution in [0.5, 0.6) is 11.5 Å². The van der Waals surface area contributed by atoms with Gasteiger partial charge in [-0.1, -0.05) is 113 Å². The predicted octanol–water partition coefficient (Wildman–Crippen LogP) is -2.43. The average molecular weight is 496 g/mol. The smallest absolute Gasteiger partial charge is 0.872 e. The van der Waals surface area contributed by atoms with Gasteiger partial charge >= 0.3 is 88.7 Å². The van der Waals surface area contributed by atoms with Crippen molar-refractivity contribution in [2.75, 3.05) is 6.61 Å². The van der Waals surface area contributed by atoms with E-state index in [4.69, 9.17) is 4.74 Å². The molecule has 0 aliphatic carbocycles. The summed E-state index contributed by atoms with van der Waals surface area (Å²) in [6.07, 6.45) is 14.3. The monoisotopic (exact) mass is 495 g/mol. The summed E-state index contributed by atoms with van der Waals surface area (Å²) in [6, 6.07) is 14.5. The number of rotatable bonds is 11. The molecule has 1 unspecified atom stereocenters. The van der Waals surface area contributed by atoms with E-state index in [9.17, 15) is 10.2 Å². The summed E-state index contributed by atoms with van der Waals surface area (Å²) in [7, 11) is 0. The fourth-order valence-corrected chi connectivity index (χ4v) is 3.12. The molecule has 0 spiro atoms. The molecule has 1 aliphatic heterocycles. The Morgan fingerprint density at radius 1 is 0.706 bits per heavy atom. The van der Waals surface area contributed by atoms with Crippen LogP contribution in [-0.4, -0.2) is 12.7 Å². The normalized spacial score (nSPS) is 12.9. The van der Waals surface area contributed by atoms with Crippen molar-refractivity contribution < 1.29 is 104 Å². The molecule has 2 aromatic carbocycles. The third kappa shape index (κ3) is 23.4. The standard InChI is InChI=1S/C15H24O.C10H14O.C3H6O.3Na/c1-2-3-4-5-6-7-8-9-14-10-12-15(16)13-11-14;1-2-3-6-9-7-4-5-8-10(9)11;1-3-2-4-3;;;/h10-13,16H,2-9H2,1H3;4-5,7-8,11H,2-3,6H2,1H3;3H,2H2,1H3;;;/q;;;3*+1/p-2. The Morgan fingerprint density at radius 2 is 1.21 bits per heavy atom. The van der Waals surface area contributed by atoms with Gasteiger partial charge in [-0.2, -0.15) is 0 Å². The molecule has 0 aromatic heterocycles. The summed E-state index contributed by atoms with van der Waals surface area (Å²) in [5.41, 5.74) is 2.25. The van der Waals surface area contributed by atoms with Crippen LogP contribution in [0.15, 0.2) is 48.5 Å². The van der Waals surface area contributed by atoms with Crippen molar-refractivity contribution in [1.82, 2.24) is 0 Å². The number of hydrogen-bond acceptors (Lipinski definition) is 3. The van der Waals surface area contributed by atoms with Crippen molar-refractivity contribution in [2.24, 2.45) is 0 Å². The molecular formula is C28H42Na3O3+. The second-order valence-electron chi connectivity index (χ2n) is 8.37. The van der Waals surface area contributed by atoms with Crippen molar-refractivity contribution in [1.29, 1.82) is 0 Å². The van der Waals surface area contributed by atoms with Crippen molar-refractivity contribution in [3.05, 3.63) is 59.7 Å². The van der Waals surface area contributed by atoms with E-state index in [2.05, 4.69) is 20.8 Å². The molecule has 1 fully saturated rings. The maximum absolute atomic E-state index is 11.1. The quantitative estimate of drug-likeness (QED) is 0.198. The third-order valence-corrected chi connectivity index (χ3v) is 5.26. The van der Waals surface area contributed by atoms with E-state index in [0.717, 1.165) is 37.9 Å². The molecule has 0 amide bonds. The number of hydrogen-bond donors (Lipinski definition) is 0. The summed E-state index contributed by atoms with van der Waals surface area (Å²) in [5, 5.41) is 22.0. The molecule has 6 heteroatoms. The van der Waals surface area contributed by atoms with Crippen LogP contribution in [0.2, 0.25) is 0 Å². The first-order chi connectivity index (χ1) is 15.1. The van der Waals surface area contributed by atoms with Crippen LogP contribution >= 0.6 is 0 Å². The van der Waals surface area contributed by atoms with Gasteiger partial charge in [0.15, 0.2) is 0 Å². The van der Waals surface area contributed by atoms with E-state index >= 15 is 0 Å². The van der Waals surface area contributed by atoms with Gasteiger partial charge in [-0.25, -0.2) is 0 Å². The molecule has 3 nitrogen and oxygen atoms in total. The van der Waals surface area contributed by atoms with Crippen LogP contribution in [0.1, 0.15) is 89.7 Å². The van der Waals surface area contributed by atoms with Gasteiger partial charge in [-0.15, -0.1) is 11.5 Å². The Balaban J connectivity index is -0.000000465. The largest absolute Gasteiger partial charge is 1.00 e. The Hall–Kier alpha value is 1.00. The van der Waals surface area contributed by atoms with Gasteiger partial charge in [-0.05, 0) is 38.2 Å². The zero-order valence-corrected chi connectivity index (χ0v) is 28.9. The van der Waals surface area contributed by atoms with Crippen LogP contribution in [-0.2, 0) is 17.6 Å². The maximum Gasteiger partial charge on any atom is 1.00 e. The van der Waals surface area contributed by atoms with E-state index in [1.165, 1.54) is 50.5 Å². The molecule has 3 rings (SSSR count). The summed E-state index contributed by atoms with van der Waals surface area (Å²) < 4.78 is 4.71. The van der Waals surface area contributed by atoms with Crippen molar-refractivity contribution in [3.8, 4) is 11.5 Å². The van der Waals surface area contributed by atoms with E-state index < -0.39 is 0 Å². The van der Waals surface area contributed by atoms with Crippen LogP contribution in [0.3, 0.4) is 0 Å². The fourth-order valence-electron chi connectivity index (χ4n) is 3.12. The van der Waals surface area contributed by atoms with Crippen LogP contribution in [0.4, 0.5) is 0 Å². The molecule has 0 radical (unpaired) electrons. The summed E-state index contributed by atoms with van der Waals surface area (Å²) in [5.74, 6) is 0.296. The van der Waals surface area contributed by atoms with Crippen molar-refractivity contribution in [2.45, 2.75) is 97.5 Å². The van der Waals surface area contributed by atoms with Gasteiger partial charge in [0.05, 0.1) is 12.7 Å². The number of benzene rings is 2. The Labute approximate surface area is 275 Å². The minimum absolute atomic E-state index is 0. The topological polar surface area (TPSA) is 58.6 Å². The molecule has 1 heterocycles. The Kier molecular flexibility index (Phi) is 31.4. The SMILES string of the molecule is CC1CO1.CCCCCCCCCc1ccc([O-])cc1.CCCCc1ccccc1[O-].[Na+].[Na+].[Na+]. The number of unbranched alkanes of at least 4 members (excludes halogenated alkanes) is 7.